The second-order valence-corrected chi connectivity index (χ2v) is 10.0. The van der Waals surface area contributed by atoms with E-state index in [4.69, 9.17) is 0 Å². The highest BCUT2D eigenvalue weighted by Crippen LogP contribution is 2.25. The zero-order valence-corrected chi connectivity index (χ0v) is 19.0. The summed E-state index contributed by atoms with van der Waals surface area (Å²) in [6.07, 6.45) is 6.33. The van der Waals surface area contributed by atoms with Crippen molar-refractivity contribution < 1.29 is 13.2 Å². The molecule has 0 radical (unpaired) electrons. The number of carbonyl (C=O) groups excluding carboxylic acids is 1. The Morgan fingerprint density at radius 2 is 1.80 bits per heavy atom. The molecular formula is C24H32N2O3S. The van der Waals surface area contributed by atoms with E-state index in [-0.39, 0.29) is 24.9 Å². The van der Waals surface area contributed by atoms with Gasteiger partial charge in [-0.3, -0.25) is 9.10 Å². The standard InChI is InChI=1S/C24H32N2O3S/c1-4-19-10-14-23(15-11-19)26(30(3,28)29)16-6-9-24(27)25-18(2)21-13-12-20-7-5-8-22(20)17-21/h10-15,17-18H,4-9,16H2,1-3H3,(H,25,27). The summed E-state index contributed by atoms with van der Waals surface area (Å²) in [4.78, 5) is 12.4. The van der Waals surface area contributed by atoms with Crippen molar-refractivity contribution in [3.05, 3.63) is 64.7 Å². The third-order valence-electron chi connectivity index (χ3n) is 5.80. The number of sulfonamides is 1. The number of hydrogen-bond acceptors (Lipinski definition) is 3. The van der Waals surface area contributed by atoms with E-state index in [1.807, 2.05) is 31.2 Å². The first-order valence-electron chi connectivity index (χ1n) is 10.8. The van der Waals surface area contributed by atoms with E-state index < -0.39 is 10.0 Å². The second-order valence-electron chi connectivity index (χ2n) is 8.13. The summed E-state index contributed by atoms with van der Waals surface area (Å²) in [5.41, 5.74) is 5.74. The van der Waals surface area contributed by atoms with E-state index in [9.17, 15) is 13.2 Å². The van der Waals surface area contributed by atoms with Crippen molar-refractivity contribution >= 4 is 21.6 Å². The van der Waals surface area contributed by atoms with Crippen molar-refractivity contribution in [2.45, 2.75) is 58.4 Å². The quantitative estimate of drug-likeness (QED) is 0.652. The minimum Gasteiger partial charge on any atom is -0.350 e. The summed E-state index contributed by atoms with van der Waals surface area (Å²) in [7, 11) is -3.41. The largest absolute Gasteiger partial charge is 0.350 e. The van der Waals surface area contributed by atoms with Gasteiger partial charge in [-0.25, -0.2) is 8.42 Å². The molecule has 0 bridgehead atoms. The van der Waals surface area contributed by atoms with Crippen LogP contribution < -0.4 is 9.62 Å². The minimum atomic E-state index is -3.41. The van der Waals surface area contributed by atoms with E-state index in [1.54, 1.807) is 0 Å². The van der Waals surface area contributed by atoms with Crippen molar-refractivity contribution in [3.8, 4) is 0 Å². The Morgan fingerprint density at radius 3 is 2.47 bits per heavy atom. The summed E-state index contributed by atoms with van der Waals surface area (Å²) in [6, 6.07) is 14.0. The molecule has 0 saturated heterocycles. The SMILES string of the molecule is CCc1ccc(N(CCCC(=O)NC(C)c2ccc3c(c2)CCC3)S(C)(=O)=O)cc1. The van der Waals surface area contributed by atoms with E-state index in [2.05, 4.69) is 30.4 Å². The van der Waals surface area contributed by atoms with Crippen LogP contribution in [0.15, 0.2) is 42.5 Å². The molecule has 5 nitrogen and oxygen atoms in total. The van der Waals surface area contributed by atoms with Gasteiger partial charge in [0.05, 0.1) is 18.0 Å². The van der Waals surface area contributed by atoms with Crippen LogP contribution in [0.25, 0.3) is 0 Å². The Balaban J connectivity index is 1.54. The second kappa shape index (κ2) is 9.65. The van der Waals surface area contributed by atoms with Gasteiger partial charge in [0, 0.05) is 13.0 Å². The molecular weight excluding hydrogens is 396 g/mol. The fourth-order valence-electron chi connectivity index (χ4n) is 4.03. The summed E-state index contributed by atoms with van der Waals surface area (Å²) < 4.78 is 25.9. The number of aryl methyl sites for hydroxylation is 3. The number of carbonyl (C=O) groups is 1. The zero-order chi connectivity index (χ0) is 21.7. The molecule has 2 aromatic rings. The Kier molecular flexibility index (Phi) is 7.19. The predicted molar refractivity (Wildman–Crippen MR) is 122 cm³/mol. The van der Waals surface area contributed by atoms with Crippen molar-refractivity contribution in [2.75, 3.05) is 17.1 Å². The first-order valence-corrected chi connectivity index (χ1v) is 12.6. The molecule has 0 saturated carbocycles. The van der Waals surface area contributed by atoms with Crippen molar-refractivity contribution in [1.29, 1.82) is 0 Å². The van der Waals surface area contributed by atoms with Crippen molar-refractivity contribution in [2.24, 2.45) is 0 Å². The van der Waals surface area contributed by atoms with E-state index in [0.29, 0.717) is 12.1 Å². The summed E-state index contributed by atoms with van der Waals surface area (Å²) in [5.74, 6) is -0.0576. The number of hydrogen-bond donors (Lipinski definition) is 1. The molecule has 0 fully saturated rings. The zero-order valence-electron chi connectivity index (χ0n) is 18.1. The van der Waals surface area contributed by atoms with Crippen LogP contribution in [-0.2, 0) is 34.1 Å². The van der Waals surface area contributed by atoms with Gasteiger partial charge in [-0.2, -0.15) is 0 Å². The average molecular weight is 429 g/mol. The van der Waals surface area contributed by atoms with Gasteiger partial charge in [0.15, 0.2) is 0 Å². The number of fused-ring (bicyclic) bond motifs is 1. The van der Waals surface area contributed by atoms with Gasteiger partial charge < -0.3 is 5.32 Å². The fourth-order valence-corrected chi connectivity index (χ4v) is 4.99. The average Bonchev–Trinajstić information content (AvgIpc) is 3.18. The van der Waals surface area contributed by atoms with Crippen LogP contribution in [0, 0.1) is 0 Å². The lowest BCUT2D eigenvalue weighted by molar-refractivity contribution is -0.121. The first kappa shape index (κ1) is 22.3. The molecule has 0 spiro atoms. The molecule has 1 aliphatic carbocycles. The fraction of sp³-hybridized carbons (Fsp3) is 0.458. The van der Waals surface area contributed by atoms with Gasteiger partial charge in [0.25, 0.3) is 0 Å². The number of nitrogens with one attached hydrogen (secondary N) is 1. The maximum Gasteiger partial charge on any atom is 0.232 e. The number of rotatable bonds is 9. The highest BCUT2D eigenvalue weighted by Gasteiger charge is 2.19. The Hall–Kier alpha value is -2.34. The molecule has 0 heterocycles. The molecule has 1 amide bonds. The molecule has 3 rings (SSSR count). The number of anilines is 1. The van der Waals surface area contributed by atoms with E-state index in [1.165, 1.54) is 28.1 Å². The third-order valence-corrected chi connectivity index (χ3v) is 6.99. The highest BCUT2D eigenvalue weighted by molar-refractivity contribution is 7.92. The van der Waals surface area contributed by atoms with Crippen LogP contribution in [0.5, 0.6) is 0 Å². The van der Waals surface area contributed by atoms with Gasteiger partial charge in [0.1, 0.15) is 0 Å². The van der Waals surface area contributed by atoms with Crippen LogP contribution in [-0.4, -0.2) is 27.1 Å². The molecule has 0 aromatic heterocycles. The molecule has 1 atom stereocenters. The van der Waals surface area contributed by atoms with Crippen LogP contribution in [0.1, 0.15) is 61.4 Å². The molecule has 1 unspecified atom stereocenters. The molecule has 1 N–H and O–H groups in total. The maximum atomic E-state index is 12.4. The molecule has 6 heteroatoms. The van der Waals surface area contributed by atoms with Crippen LogP contribution in [0.3, 0.4) is 0 Å². The molecule has 162 valence electrons. The van der Waals surface area contributed by atoms with Gasteiger partial charge in [-0.15, -0.1) is 0 Å². The number of amides is 1. The third kappa shape index (κ3) is 5.63. The lowest BCUT2D eigenvalue weighted by Gasteiger charge is -2.23. The molecule has 2 aromatic carbocycles. The Morgan fingerprint density at radius 1 is 1.10 bits per heavy atom. The molecule has 30 heavy (non-hydrogen) atoms. The summed E-state index contributed by atoms with van der Waals surface area (Å²) in [5, 5.41) is 3.05. The Labute approximate surface area is 180 Å². The monoisotopic (exact) mass is 428 g/mol. The van der Waals surface area contributed by atoms with Crippen molar-refractivity contribution in [3.63, 3.8) is 0 Å². The first-order chi connectivity index (χ1) is 14.3. The lowest BCUT2D eigenvalue weighted by Crippen LogP contribution is -2.32. The van der Waals surface area contributed by atoms with Gasteiger partial charge >= 0.3 is 0 Å². The number of benzene rings is 2. The highest BCUT2D eigenvalue weighted by atomic mass is 32.2. The van der Waals surface area contributed by atoms with Gasteiger partial charge in [-0.05, 0) is 73.4 Å². The van der Waals surface area contributed by atoms with Crippen LogP contribution in [0.4, 0.5) is 5.69 Å². The van der Waals surface area contributed by atoms with Crippen molar-refractivity contribution in [1.82, 2.24) is 5.32 Å². The topological polar surface area (TPSA) is 66.5 Å². The van der Waals surface area contributed by atoms with Crippen LogP contribution in [0.2, 0.25) is 0 Å². The van der Waals surface area contributed by atoms with Gasteiger partial charge in [0.2, 0.25) is 15.9 Å². The van der Waals surface area contributed by atoms with E-state index in [0.717, 1.165) is 30.4 Å². The molecule has 1 aliphatic rings. The number of nitrogens with zero attached hydrogens (tertiary/aromatic N) is 1. The Bertz CT molecular complexity index is 984. The van der Waals surface area contributed by atoms with Gasteiger partial charge in [-0.1, -0.05) is 37.3 Å². The van der Waals surface area contributed by atoms with Crippen LogP contribution >= 0.6 is 0 Å². The predicted octanol–water partition coefficient (Wildman–Crippen LogP) is 4.16. The summed E-state index contributed by atoms with van der Waals surface area (Å²) in [6.45, 7) is 4.34. The normalized spacial score (nSPS) is 14.2. The lowest BCUT2D eigenvalue weighted by atomic mass is 10.0. The van der Waals surface area contributed by atoms with E-state index >= 15 is 0 Å². The maximum absolute atomic E-state index is 12.4. The summed E-state index contributed by atoms with van der Waals surface area (Å²) >= 11 is 0. The minimum absolute atomic E-state index is 0.0576. The smallest absolute Gasteiger partial charge is 0.232 e. The molecule has 0 aliphatic heterocycles.